The van der Waals surface area contributed by atoms with Gasteiger partial charge in [0.05, 0.1) is 5.69 Å². The predicted octanol–water partition coefficient (Wildman–Crippen LogP) is 5.89. The molecule has 3 heterocycles. The highest BCUT2D eigenvalue weighted by Crippen LogP contribution is 2.42. The van der Waals surface area contributed by atoms with Gasteiger partial charge in [-0.1, -0.05) is 30.8 Å². The highest BCUT2D eigenvalue weighted by molar-refractivity contribution is 6.23. The summed E-state index contributed by atoms with van der Waals surface area (Å²) in [7, 11) is 5.71. The minimum Gasteiger partial charge on any atom is -0.404 e. The summed E-state index contributed by atoms with van der Waals surface area (Å²) < 4.78 is 0. The van der Waals surface area contributed by atoms with Crippen molar-refractivity contribution in [3.63, 3.8) is 0 Å². The van der Waals surface area contributed by atoms with Gasteiger partial charge in [0, 0.05) is 97.4 Å². The van der Waals surface area contributed by atoms with Crippen LogP contribution in [0.4, 0.5) is 11.4 Å². The van der Waals surface area contributed by atoms with Crippen molar-refractivity contribution in [2.24, 2.45) is 10.7 Å². The fraction of sp³-hybridized carbons (Fsp3) is 0.286. The third-order valence-corrected chi connectivity index (χ3v) is 8.48. The third-order valence-electron chi connectivity index (χ3n) is 8.48. The molecule has 8 heteroatoms. The lowest BCUT2D eigenvalue weighted by atomic mass is 9.92. The van der Waals surface area contributed by atoms with E-state index in [1.54, 1.807) is 32.1 Å². The van der Waals surface area contributed by atoms with E-state index < -0.39 is 0 Å². The van der Waals surface area contributed by atoms with Gasteiger partial charge in [-0.15, -0.1) is 0 Å². The number of hydrogen-bond donors (Lipinski definition) is 2. The smallest absolute Gasteiger partial charge is 0.253 e. The molecule has 0 spiro atoms. The van der Waals surface area contributed by atoms with Gasteiger partial charge in [-0.2, -0.15) is 0 Å². The molecule has 222 valence electrons. The molecule has 43 heavy (non-hydrogen) atoms. The van der Waals surface area contributed by atoms with Crippen molar-refractivity contribution in [1.29, 1.82) is 0 Å². The molecule has 3 N–H and O–H groups in total. The fourth-order valence-electron chi connectivity index (χ4n) is 5.79. The Bertz CT molecular complexity index is 1740. The number of carbonyl (C=O) groups excluding carboxylic acids is 1. The summed E-state index contributed by atoms with van der Waals surface area (Å²) in [4.78, 5) is 32.1. The van der Waals surface area contributed by atoms with Crippen LogP contribution >= 0.6 is 0 Å². The van der Waals surface area contributed by atoms with Gasteiger partial charge in [-0.3, -0.25) is 9.79 Å². The minimum atomic E-state index is -0.122. The van der Waals surface area contributed by atoms with Gasteiger partial charge in [-0.25, -0.2) is 4.98 Å². The molecular weight excluding hydrogens is 534 g/mol. The second-order valence-electron chi connectivity index (χ2n) is 11.3. The van der Waals surface area contributed by atoms with Crippen LogP contribution in [-0.2, 0) is 4.79 Å². The maximum Gasteiger partial charge on any atom is 0.253 e. The molecule has 0 radical (unpaired) electrons. The molecular formula is C35H41N7O. The summed E-state index contributed by atoms with van der Waals surface area (Å²) in [6.07, 6.45) is 3.46. The van der Waals surface area contributed by atoms with Crippen molar-refractivity contribution in [2.45, 2.75) is 20.8 Å². The monoisotopic (exact) mass is 575 g/mol. The van der Waals surface area contributed by atoms with E-state index in [0.29, 0.717) is 5.57 Å². The van der Waals surface area contributed by atoms with Crippen molar-refractivity contribution in [3.05, 3.63) is 84.2 Å². The van der Waals surface area contributed by atoms with Gasteiger partial charge in [0.25, 0.3) is 5.91 Å². The Morgan fingerprint density at radius 3 is 2.42 bits per heavy atom. The Balaban J connectivity index is 1.70. The number of H-pyrrole nitrogens is 1. The van der Waals surface area contributed by atoms with Crippen LogP contribution in [0.15, 0.2) is 78.1 Å². The van der Waals surface area contributed by atoms with Crippen LogP contribution < -0.4 is 15.5 Å². The second kappa shape index (κ2) is 12.3. The number of aliphatic imine (C=N–C) groups is 1. The number of nitrogens with one attached hydrogen (secondary N) is 1. The first-order valence-corrected chi connectivity index (χ1v) is 14.6. The fourth-order valence-corrected chi connectivity index (χ4v) is 5.79. The number of pyridine rings is 1. The lowest BCUT2D eigenvalue weighted by Crippen LogP contribution is -2.44. The van der Waals surface area contributed by atoms with Crippen molar-refractivity contribution in [1.82, 2.24) is 14.9 Å². The lowest BCUT2D eigenvalue weighted by molar-refractivity contribution is -0.114. The normalized spacial score (nSPS) is 14.8. The van der Waals surface area contributed by atoms with E-state index in [0.717, 1.165) is 87.7 Å². The number of piperazine rings is 1. The van der Waals surface area contributed by atoms with E-state index in [-0.39, 0.29) is 5.91 Å². The van der Waals surface area contributed by atoms with Crippen LogP contribution in [0.5, 0.6) is 0 Å². The van der Waals surface area contributed by atoms with Gasteiger partial charge in [-0.05, 0) is 68.8 Å². The first kappa shape index (κ1) is 29.8. The molecule has 0 atom stereocenters. The molecule has 0 aliphatic carbocycles. The van der Waals surface area contributed by atoms with Crippen LogP contribution in [0.1, 0.15) is 25.0 Å². The summed E-state index contributed by atoms with van der Waals surface area (Å²) in [5, 5.41) is 1.00. The Morgan fingerprint density at radius 1 is 1.09 bits per heavy atom. The number of likely N-dealkylation sites (N-methyl/N-ethyl adjacent to an activating group) is 2. The number of aromatic amines is 1. The zero-order chi connectivity index (χ0) is 30.8. The molecule has 0 bridgehead atoms. The number of nitrogens with zero attached hydrogens (tertiary/aromatic N) is 5. The molecule has 4 aromatic rings. The van der Waals surface area contributed by atoms with Crippen LogP contribution in [0, 0.1) is 6.92 Å². The van der Waals surface area contributed by atoms with Gasteiger partial charge in [0.15, 0.2) is 0 Å². The number of hydrogen-bond acceptors (Lipinski definition) is 6. The van der Waals surface area contributed by atoms with Crippen LogP contribution in [-0.4, -0.2) is 73.8 Å². The molecule has 1 fully saturated rings. The molecule has 8 nitrogen and oxygen atoms in total. The molecule has 5 rings (SSSR count). The van der Waals surface area contributed by atoms with E-state index in [2.05, 4.69) is 76.7 Å². The van der Waals surface area contributed by atoms with E-state index in [1.807, 2.05) is 25.3 Å². The van der Waals surface area contributed by atoms with Gasteiger partial charge in [0.1, 0.15) is 5.65 Å². The average molecular weight is 576 g/mol. The van der Waals surface area contributed by atoms with Crippen molar-refractivity contribution >= 4 is 39.6 Å². The molecule has 2 aromatic carbocycles. The number of aromatic nitrogens is 2. The zero-order valence-corrected chi connectivity index (χ0v) is 26.0. The van der Waals surface area contributed by atoms with Crippen molar-refractivity contribution in [2.75, 3.05) is 57.1 Å². The highest BCUT2D eigenvalue weighted by atomic mass is 16.2. The number of benzene rings is 2. The average Bonchev–Trinajstić information content (AvgIpc) is 3.42. The molecule has 1 aliphatic heterocycles. The van der Waals surface area contributed by atoms with Crippen LogP contribution in [0.2, 0.25) is 0 Å². The maximum absolute atomic E-state index is 12.8. The molecule has 2 aromatic heterocycles. The Hall–Kier alpha value is -4.69. The lowest BCUT2D eigenvalue weighted by Gasteiger charge is -2.34. The second-order valence-corrected chi connectivity index (χ2v) is 11.3. The number of anilines is 2. The molecule has 0 saturated carbocycles. The number of aryl methyl sites for hydroxylation is 1. The van der Waals surface area contributed by atoms with E-state index in [4.69, 9.17) is 10.7 Å². The minimum absolute atomic E-state index is 0.122. The zero-order valence-electron chi connectivity index (χ0n) is 26.0. The van der Waals surface area contributed by atoms with Gasteiger partial charge in [0.2, 0.25) is 0 Å². The number of nitrogens with two attached hydrogens (primary N) is 1. The van der Waals surface area contributed by atoms with E-state index >= 15 is 0 Å². The molecule has 1 aliphatic rings. The number of amides is 1. The summed E-state index contributed by atoms with van der Waals surface area (Å²) in [6, 6.07) is 16.8. The van der Waals surface area contributed by atoms with Crippen LogP contribution in [0.25, 0.3) is 39.0 Å². The number of allylic oxidation sites excluding steroid dienone is 1. The van der Waals surface area contributed by atoms with Crippen LogP contribution in [0.3, 0.4) is 0 Å². The number of fused-ring (bicyclic) bond motifs is 1. The molecule has 1 saturated heterocycles. The van der Waals surface area contributed by atoms with Gasteiger partial charge < -0.3 is 25.4 Å². The van der Waals surface area contributed by atoms with Crippen molar-refractivity contribution < 1.29 is 4.79 Å². The Morgan fingerprint density at radius 2 is 1.79 bits per heavy atom. The van der Waals surface area contributed by atoms with Gasteiger partial charge >= 0.3 is 0 Å². The maximum atomic E-state index is 12.8. The van der Waals surface area contributed by atoms with E-state index in [9.17, 15) is 4.79 Å². The molecule has 0 unspecified atom stereocenters. The quantitative estimate of drug-likeness (QED) is 0.212. The number of carbonyl (C=O) groups is 1. The molecule has 1 amide bonds. The SMILES string of the molecule is C=C(C)C(=O)N(C)c1cccc(-c2c(-c3ccc(N4CCN(C)CC4)cc3)[nH]c3ncc(/C(=C/N)C(C)=NC)c(C)c23)c1. The largest absolute Gasteiger partial charge is 0.404 e. The topological polar surface area (TPSA) is 93.9 Å². The third kappa shape index (κ3) is 5.70. The van der Waals surface area contributed by atoms with Crippen molar-refractivity contribution in [3.8, 4) is 22.4 Å². The summed E-state index contributed by atoms with van der Waals surface area (Å²) in [5.74, 6) is -0.122. The number of rotatable bonds is 7. The first-order valence-electron chi connectivity index (χ1n) is 14.6. The first-order chi connectivity index (χ1) is 20.6. The Kier molecular flexibility index (Phi) is 8.50. The highest BCUT2D eigenvalue weighted by Gasteiger charge is 2.23. The summed E-state index contributed by atoms with van der Waals surface area (Å²) in [5.41, 5.74) is 17.1. The van der Waals surface area contributed by atoms with E-state index in [1.165, 1.54) is 5.69 Å². The predicted molar refractivity (Wildman–Crippen MR) is 181 cm³/mol. The standard InChI is InChI=1S/C35H41N7O/c1-22(2)35(43)41(7)28-10-8-9-26(19-28)32-31-23(3)30(29(20-36)24(4)37-5)21-38-34(31)39-33(32)25-11-13-27(14-12-25)42-17-15-40(6)16-18-42/h8-14,19-21H,1,15-18,36H2,2-7H3,(H,38,39)/b29-20+,37-24?. The summed E-state index contributed by atoms with van der Waals surface area (Å²) in [6.45, 7) is 13.8. The summed E-state index contributed by atoms with van der Waals surface area (Å²) >= 11 is 0. The Labute approximate surface area is 254 Å².